The van der Waals surface area contributed by atoms with E-state index in [4.69, 9.17) is 14.2 Å². The van der Waals surface area contributed by atoms with E-state index in [9.17, 15) is 19.8 Å². The van der Waals surface area contributed by atoms with Crippen LogP contribution in [0, 0.1) is 0 Å². The fraction of sp³-hybridized carbons (Fsp3) is 0.292. The number of benzene rings is 1. The molecule has 5 rings (SSSR count). The Balaban J connectivity index is 1.69. The minimum atomic E-state index is -2.09. The maximum absolute atomic E-state index is 12.7. The van der Waals surface area contributed by atoms with Crippen LogP contribution in [0.4, 0.5) is 0 Å². The second kappa shape index (κ2) is 9.02. The summed E-state index contributed by atoms with van der Waals surface area (Å²) in [5, 5.41) is 28.2. The van der Waals surface area contributed by atoms with Crippen LogP contribution in [0.15, 0.2) is 61.1 Å². The normalized spacial score (nSPS) is 26.8. The average Bonchev–Trinajstić information content (AvgIpc) is 3.04. The number of carbonyl (C=O) groups is 2. The van der Waals surface area contributed by atoms with Gasteiger partial charge in [-0.2, -0.15) is 10.2 Å². The standard InChI is InChI=1S/C24H22N4O7/c1-28-11-8-19(33-15-4-2-9-25-13-15)16-7-6-14(18-5-3-10-26-27-18)12-17(16)24(28)34-22(31)20(29)21(30)23(32)35-24/h2-7,9-10,12-13,19-21,29-30H,8,11H2,1H3. The summed E-state index contributed by atoms with van der Waals surface area (Å²) in [5.41, 5.74) is 2.02. The van der Waals surface area contributed by atoms with Crippen molar-refractivity contribution in [2.24, 2.45) is 0 Å². The number of pyridine rings is 1. The Morgan fingerprint density at radius 3 is 2.46 bits per heavy atom. The van der Waals surface area contributed by atoms with Crippen molar-refractivity contribution in [3.63, 3.8) is 0 Å². The summed E-state index contributed by atoms with van der Waals surface area (Å²) >= 11 is 0. The first-order valence-corrected chi connectivity index (χ1v) is 10.9. The van der Waals surface area contributed by atoms with Gasteiger partial charge in [0.15, 0.2) is 12.2 Å². The summed E-state index contributed by atoms with van der Waals surface area (Å²) in [4.78, 5) is 31.0. The number of fused-ring (bicyclic) bond motifs is 2. The molecular formula is C24H22N4O7. The molecule has 3 aromatic rings. The molecule has 180 valence electrons. The van der Waals surface area contributed by atoms with Crippen molar-refractivity contribution in [3.05, 3.63) is 72.2 Å². The van der Waals surface area contributed by atoms with Gasteiger partial charge in [-0.1, -0.05) is 12.1 Å². The molecular weight excluding hydrogens is 456 g/mol. The maximum atomic E-state index is 12.7. The SMILES string of the molecule is CN1CCC(Oc2cccnc2)c2ccc(-c3cccnn3)cc2C12OC(=O)C(O)C(O)C(=O)O2. The van der Waals surface area contributed by atoms with E-state index in [1.165, 1.54) is 11.1 Å². The number of aromatic nitrogens is 3. The maximum Gasteiger partial charge on any atom is 0.349 e. The first kappa shape index (κ1) is 22.8. The van der Waals surface area contributed by atoms with E-state index < -0.39 is 36.2 Å². The number of rotatable bonds is 3. The highest BCUT2D eigenvalue weighted by Crippen LogP contribution is 2.44. The van der Waals surface area contributed by atoms with E-state index in [2.05, 4.69) is 15.2 Å². The van der Waals surface area contributed by atoms with Crippen molar-refractivity contribution >= 4 is 11.9 Å². The lowest BCUT2D eigenvalue weighted by Crippen LogP contribution is -2.50. The van der Waals surface area contributed by atoms with Crippen LogP contribution in [0.5, 0.6) is 5.75 Å². The third-order valence-electron chi connectivity index (χ3n) is 6.01. The third-order valence-corrected chi connectivity index (χ3v) is 6.01. The zero-order chi connectivity index (χ0) is 24.6. The first-order valence-electron chi connectivity index (χ1n) is 10.9. The number of hydrogen-bond acceptors (Lipinski definition) is 11. The van der Waals surface area contributed by atoms with Gasteiger partial charge in [0.05, 0.1) is 17.5 Å². The van der Waals surface area contributed by atoms with Gasteiger partial charge in [0.25, 0.3) is 0 Å². The Labute approximate surface area is 199 Å². The Bertz CT molecular complexity index is 1220. The number of hydrogen-bond donors (Lipinski definition) is 2. The Kier molecular flexibility index (Phi) is 5.89. The van der Waals surface area contributed by atoms with Crippen molar-refractivity contribution in [2.75, 3.05) is 13.6 Å². The molecule has 0 bridgehead atoms. The molecule has 2 aliphatic rings. The van der Waals surface area contributed by atoms with Crippen LogP contribution in [0.1, 0.15) is 23.7 Å². The highest BCUT2D eigenvalue weighted by Gasteiger charge is 2.55. The summed E-state index contributed by atoms with van der Waals surface area (Å²) < 4.78 is 17.5. The van der Waals surface area contributed by atoms with E-state index in [0.717, 1.165) is 0 Å². The second-order valence-electron chi connectivity index (χ2n) is 8.23. The van der Waals surface area contributed by atoms with Gasteiger partial charge >= 0.3 is 17.8 Å². The van der Waals surface area contributed by atoms with Gasteiger partial charge in [-0.25, -0.2) is 14.5 Å². The predicted molar refractivity (Wildman–Crippen MR) is 118 cm³/mol. The molecule has 11 nitrogen and oxygen atoms in total. The van der Waals surface area contributed by atoms with Gasteiger partial charge < -0.3 is 24.4 Å². The van der Waals surface area contributed by atoms with Crippen LogP contribution < -0.4 is 4.74 Å². The van der Waals surface area contributed by atoms with Crippen molar-refractivity contribution in [1.82, 2.24) is 20.1 Å². The van der Waals surface area contributed by atoms with E-state index in [1.807, 2.05) is 6.07 Å². The fourth-order valence-electron chi connectivity index (χ4n) is 4.19. The van der Waals surface area contributed by atoms with Crippen molar-refractivity contribution < 1.29 is 34.0 Å². The smallest absolute Gasteiger partial charge is 0.349 e. The van der Waals surface area contributed by atoms with E-state index in [1.54, 1.807) is 55.8 Å². The summed E-state index contributed by atoms with van der Waals surface area (Å²) in [6.07, 6.45) is 0.478. The molecule has 1 fully saturated rings. The first-order chi connectivity index (χ1) is 16.9. The van der Waals surface area contributed by atoms with Gasteiger partial charge in [-0.3, -0.25) is 4.98 Å². The quantitative estimate of drug-likeness (QED) is 0.519. The van der Waals surface area contributed by atoms with E-state index in [0.29, 0.717) is 29.0 Å². The van der Waals surface area contributed by atoms with Crippen LogP contribution in [0.2, 0.25) is 0 Å². The van der Waals surface area contributed by atoms with Crippen molar-refractivity contribution in [2.45, 2.75) is 30.6 Å². The molecule has 11 heteroatoms. The molecule has 4 heterocycles. The van der Waals surface area contributed by atoms with Crippen LogP contribution in [-0.4, -0.2) is 68.0 Å². The number of esters is 2. The summed E-state index contributed by atoms with van der Waals surface area (Å²) in [6.45, 7) is 0.271. The molecule has 1 spiro atoms. The topological polar surface area (TPSA) is 144 Å². The number of aliphatic hydroxyl groups is 2. The molecule has 2 N–H and O–H groups in total. The van der Waals surface area contributed by atoms with Gasteiger partial charge in [0.1, 0.15) is 11.9 Å². The average molecular weight is 478 g/mol. The molecule has 3 unspecified atom stereocenters. The number of carbonyl (C=O) groups excluding carboxylic acids is 2. The fourth-order valence-corrected chi connectivity index (χ4v) is 4.19. The number of aliphatic hydroxyl groups excluding tert-OH is 2. The molecule has 0 radical (unpaired) electrons. The van der Waals surface area contributed by atoms with Gasteiger partial charge in [-0.15, -0.1) is 0 Å². The van der Waals surface area contributed by atoms with Crippen molar-refractivity contribution in [1.29, 1.82) is 0 Å². The lowest BCUT2D eigenvalue weighted by Gasteiger charge is -2.38. The molecule has 2 aromatic heterocycles. The van der Waals surface area contributed by atoms with E-state index >= 15 is 0 Å². The van der Waals surface area contributed by atoms with Crippen LogP contribution in [-0.2, 0) is 25.0 Å². The third kappa shape index (κ3) is 4.09. The lowest BCUT2D eigenvalue weighted by atomic mass is 9.95. The lowest BCUT2D eigenvalue weighted by molar-refractivity contribution is -0.288. The molecule has 0 amide bonds. The summed E-state index contributed by atoms with van der Waals surface area (Å²) in [7, 11) is 1.61. The Morgan fingerprint density at radius 1 is 1.06 bits per heavy atom. The molecule has 1 saturated heterocycles. The predicted octanol–water partition coefficient (Wildman–Crippen LogP) is 0.926. The zero-order valence-electron chi connectivity index (χ0n) is 18.6. The van der Waals surface area contributed by atoms with Crippen LogP contribution >= 0.6 is 0 Å². The molecule has 3 atom stereocenters. The molecule has 2 aliphatic heterocycles. The van der Waals surface area contributed by atoms with Crippen LogP contribution in [0.25, 0.3) is 11.3 Å². The summed E-state index contributed by atoms with van der Waals surface area (Å²) in [6, 6.07) is 12.3. The largest absolute Gasteiger partial charge is 0.484 e. The molecule has 0 aliphatic carbocycles. The van der Waals surface area contributed by atoms with Gasteiger partial charge in [-0.05, 0) is 37.4 Å². The zero-order valence-corrected chi connectivity index (χ0v) is 18.6. The van der Waals surface area contributed by atoms with Crippen molar-refractivity contribution in [3.8, 4) is 17.0 Å². The number of nitrogens with zero attached hydrogens (tertiary/aromatic N) is 4. The molecule has 35 heavy (non-hydrogen) atoms. The highest BCUT2D eigenvalue weighted by molar-refractivity contribution is 5.87. The molecule has 0 saturated carbocycles. The second-order valence-corrected chi connectivity index (χ2v) is 8.23. The minimum absolute atomic E-state index is 0.271. The van der Waals surface area contributed by atoms with Gasteiger partial charge in [0.2, 0.25) is 0 Å². The molecule has 1 aromatic carbocycles. The van der Waals surface area contributed by atoms with Gasteiger partial charge in [0, 0.05) is 36.5 Å². The monoisotopic (exact) mass is 478 g/mol. The Hall–Kier alpha value is -3.93. The summed E-state index contributed by atoms with van der Waals surface area (Å²) in [5.74, 6) is -3.93. The minimum Gasteiger partial charge on any atom is -0.484 e. The van der Waals surface area contributed by atoms with E-state index in [-0.39, 0.29) is 12.1 Å². The number of ether oxygens (including phenoxy) is 3. The Morgan fingerprint density at radius 2 is 1.80 bits per heavy atom. The van der Waals surface area contributed by atoms with Crippen LogP contribution in [0.3, 0.4) is 0 Å². The highest BCUT2D eigenvalue weighted by atomic mass is 16.8.